The average molecular weight is 233 g/mol. The van der Waals surface area contributed by atoms with E-state index in [9.17, 15) is 0 Å². The number of oxazole rings is 1. The van der Waals surface area contributed by atoms with Crippen molar-refractivity contribution in [1.29, 1.82) is 0 Å². The summed E-state index contributed by atoms with van der Waals surface area (Å²) in [7, 11) is 0. The molecule has 0 amide bonds. The van der Waals surface area contributed by atoms with Crippen molar-refractivity contribution in [3.63, 3.8) is 0 Å². The molecule has 11 heavy (non-hydrogen) atoms. The van der Waals surface area contributed by atoms with Gasteiger partial charge < -0.3 is 4.42 Å². The van der Waals surface area contributed by atoms with E-state index in [1.807, 2.05) is 0 Å². The van der Waals surface area contributed by atoms with E-state index >= 15 is 0 Å². The summed E-state index contributed by atoms with van der Waals surface area (Å²) in [5.41, 5.74) is 1.11. The highest BCUT2D eigenvalue weighted by Gasteiger charge is 2.03. The molecule has 2 aromatic rings. The second kappa shape index (κ2) is 2.46. The third-order valence-electron chi connectivity index (χ3n) is 1.20. The summed E-state index contributed by atoms with van der Waals surface area (Å²) >= 11 is 8.70. The van der Waals surface area contributed by atoms with Crippen molar-refractivity contribution in [2.75, 3.05) is 0 Å². The Hall–Kier alpha value is -0.610. The lowest BCUT2D eigenvalue weighted by atomic mass is 10.5. The Morgan fingerprint density at radius 3 is 3.00 bits per heavy atom. The van der Waals surface area contributed by atoms with E-state index in [1.54, 1.807) is 12.1 Å². The third-order valence-corrected chi connectivity index (χ3v) is 1.80. The quantitative estimate of drug-likeness (QED) is 0.657. The lowest BCUT2D eigenvalue weighted by Crippen LogP contribution is -1.73. The van der Waals surface area contributed by atoms with Crippen LogP contribution in [0.3, 0.4) is 0 Å². The molecular formula is C6H2BrClN2O. The molecule has 0 radical (unpaired) electrons. The Labute approximate surface area is 75.5 Å². The third kappa shape index (κ3) is 1.23. The standard InChI is InChI=1S/C6H2BrClN2O/c7-4-2-1-3-5(10-4)11-6(8)9-3/h1-2H. The van der Waals surface area contributed by atoms with Gasteiger partial charge in [0, 0.05) is 0 Å². The molecule has 0 bridgehead atoms. The molecule has 0 aromatic carbocycles. The summed E-state index contributed by atoms with van der Waals surface area (Å²) < 4.78 is 5.67. The Bertz CT molecular complexity index is 400. The molecular weight excluding hydrogens is 231 g/mol. The van der Waals surface area contributed by atoms with E-state index < -0.39 is 0 Å². The lowest BCUT2D eigenvalue weighted by molar-refractivity contribution is 0.592. The number of aromatic nitrogens is 2. The van der Waals surface area contributed by atoms with E-state index in [2.05, 4.69) is 25.9 Å². The van der Waals surface area contributed by atoms with E-state index in [4.69, 9.17) is 16.0 Å². The van der Waals surface area contributed by atoms with Gasteiger partial charge in [0.15, 0.2) is 0 Å². The molecule has 5 heteroatoms. The first-order valence-electron chi connectivity index (χ1n) is 2.84. The Morgan fingerprint density at radius 2 is 2.18 bits per heavy atom. The lowest BCUT2D eigenvalue weighted by Gasteiger charge is -1.85. The van der Waals surface area contributed by atoms with Crippen LogP contribution in [0, 0.1) is 0 Å². The van der Waals surface area contributed by atoms with E-state index in [0.717, 1.165) is 0 Å². The van der Waals surface area contributed by atoms with Crippen molar-refractivity contribution in [3.05, 3.63) is 22.1 Å². The summed E-state index contributed by atoms with van der Waals surface area (Å²) in [6, 6.07) is 3.56. The highest BCUT2D eigenvalue weighted by Crippen LogP contribution is 2.18. The first-order valence-corrected chi connectivity index (χ1v) is 4.01. The van der Waals surface area contributed by atoms with E-state index in [1.165, 1.54) is 0 Å². The van der Waals surface area contributed by atoms with Gasteiger partial charge in [-0.3, -0.25) is 0 Å². The normalized spacial score (nSPS) is 10.7. The largest absolute Gasteiger partial charge is 0.408 e. The minimum absolute atomic E-state index is 0.116. The van der Waals surface area contributed by atoms with Gasteiger partial charge >= 0.3 is 0 Å². The summed E-state index contributed by atoms with van der Waals surface area (Å²) in [6.07, 6.45) is 0. The van der Waals surface area contributed by atoms with Crippen LogP contribution >= 0.6 is 27.5 Å². The Morgan fingerprint density at radius 1 is 1.36 bits per heavy atom. The van der Waals surface area contributed by atoms with Crippen LogP contribution in [0.5, 0.6) is 0 Å². The van der Waals surface area contributed by atoms with Gasteiger partial charge in [-0.2, -0.15) is 4.98 Å². The summed E-state index contributed by atoms with van der Waals surface area (Å²) in [5, 5.41) is 0.116. The second-order valence-corrected chi connectivity index (χ2v) is 3.06. The molecule has 0 unspecified atom stereocenters. The van der Waals surface area contributed by atoms with Crippen LogP contribution in [-0.4, -0.2) is 9.97 Å². The molecule has 0 aliphatic heterocycles. The smallest absolute Gasteiger partial charge is 0.294 e. The maximum atomic E-state index is 5.50. The molecule has 3 nitrogen and oxygen atoms in total. The number of nitrogens with zero attached hydrogens (tertiary/aromatic N) is 2. The number of halogens is 2. The molecule has 0 saturated heterocycles. The van der Waals surface area contributed by atoms with Gasteiger partial charge in [-0.1, -0.05) is 0 Å². The predicted molar refractivity (Wildman–Crippen MR) is 44.5 cm³/mol. The van der Waals surface area contributed by atoms with Gasteiger partial charge in [-0.15, -0.1) is 0 Å². The van der Waals surface area contributed by atoms with Gasteiger partial charge in [-0.05, 0) is 39.7 Å². The predicted octanol–water partition coefficient (Wildman–Crippen LogP) is 2.64. The van der Waals surface area contributed by atoms with Crippen molar-refractivity contribution in [1.82, 2.24) is 9.97 Å². The first kappa shape index (κ1) is 7.06. The molecule has 2 heterocycles. The van der Waals surface area contributed by atoms with Gasteiger partial charge in [0.1, 0.15) is 10.1 Å². The fraction of sp³-hybridized carbons (Fsp3) is 0. The fourth-order valence-corrected chi connectivity index (χ4v) is 1.23. The maximum absolute atomic E-state index is 5.50. The molecule has 0 fully saturated rings. The Kier molecular flexibility index (Phi) is 1.58. The molecule has 0 saturated carbocycles. The van der Waals surface area contributed by atoms with Crippen molar-refractivity contribution >= 4 is 38.8 Å². The van der Waals surface area contributed by atoms with Crippen LogP contribution in [0.2, 0.25) is 5.35 Å². The molecule has 0 spiro atoms. The van der Waals surface area contributed by atoms with Gasteiger partial charge in [0.05, 0.1) is 0 Å². The van der Waals surface area contributed by atoms with Gasteiger partial charge in [-0.25, -0.2) is 4.98 Å². The van der Waals surface area contributed by atoms with Crippen LogP contribution in [0.4, 0.5) is 0 Å². The van der Waals surface area contributed by atoms with E-state index in [0.29, 0.717) is 15.8 Å². The molecule has 2 rings (SSSR count). The number of rotatable bonds is 0. The highest BCUT2D eigenvalue weighted by atomic mass is 79.9. The number of hydrogen-bond acceptors (Lipinski definition) is 3. The zero-order chi connectivity index (χ0) is 7.84. The van der Waals surface area contributed by atoms with Crippen LogP contribution < -0.4 is 0 Å². The van der Waals surface area contributed by atoms with Crippen molar-refractivity contribution in [2.45, 2.75) is 0 Å². The molecule has 56 valence electrons. The highest BCUT2D eigenvalue weighted by molar-refractivity contribution is 9.10. The fourth-order valence-electron chi connectivity index (χ4n) is 0.768. The van der Waals surface area contributed by atoms with Crippen LogP contribution in [0.25, 0.3) is 11.2 Å². The topological polar surface area (TPSA) is 38.9 Å². The Balaban J connectivity index is 2.82. The average Bonchev–Trinajstić information content (AvgIpc) is 2.27. The number of pyridine rings is 1. The van der Waals surface area contributed by atoms with Crippen molar-refractivity contribution in [3.8, 4) is 0 Å². The number of fused-ring (bicyclic) bond motifs is 1. The zero-order valence-corrected chi connectivity index (χ0v) is 7.56. The molecule has 2 aromatic heterocycles. The zero-order valence-electron chi connectivity index (χ0n) is 5.21. The molecule has 0 atom stereocenters. The minimum Gasteiger partial charge on any atom is -0.408 e. The van der Waals surface area contributed by atoms with Crippen LogP contribution in [-0.2, 0) is 0 Å². The summed E-state index contributed by atoms with van der Waals surface area (Å²) in [4.78, 5) is 7.87. The number of hydrogen-bond donors (Lipinski definition) is 0. The SMILES string of the molecule is Clc1nc2ccc(Br)nc2o1. The van der Waals surface area contributed by atoms with E-state index in [-0.39, 0.29) is 5.35 Å². The van der Waals surface area contributed by atoms with Crippen molar-refractivity contribution < 1.29 is 4.42 Å². The maximum Gasteiger partial charge on any atom is 0.294 e. The molecule has 0 aliphatic carbocycles. The van der Waals surface area contributed by atoms with Gasteiger partial charge in [0.25, 0.3) is 5.35 Å². The van der Waals surface area contributed by atoms with Gasteiger partial charge in [0.2, 0.25) is 5.71 Å². The van der Waals surface area contributed by atoms with Crippen LogP contribution in [0.15, 0.2) is 21.2 Å². The monoisotopic (exact) mass is 232 g/mol. The second-order valence-electron chi connectivity index (χ2n) is 1.93. The van der Waals surface area contributed by atoms with Crippen LogP contribution in [0.1, 0.15) is 0 Å². The molecule has 0 aliphatic rings. The minimum atomic E-state index is 0.116. The van der Waals surface area contributed by atoms with Crippen molar-refractivity contribution in [2.24, 2.45) is 0 Å². The summed E-state index contributed by atoms with van der Waals surface area (Å²) in [6.45, 7) is 0. The summed E-state index contributed by atoms with van der Waals surface area (Å²) in [5.74, 6) is 0. The molecule has 0 N–H and O–H groups in total. The first-order chi connectivity index (χ1) is 5.25.